The van der Waals surface area contributed by atoms with Gasteiger partial charge < -0.3 is 9.63 Å². The van der Waals surface area contributed by atoms with Crippen molar-refractivity contribution in [3.8, 4) is 0 Å². The molecule has 0 aliphatic carbocycles. The van der Waals surface area contributed by atoms with Gasteiger partial charge in [0.1, 0.15) is 5.69 Å². The lowest BCUT2D eigenvalue weighted by atomic mass is 10.2. The minimum absolute atomic E-state index is 0.128. The van der Waals surface area contributed by atoms with Crippen LogP contribution in [0, 0.1) is 0 Å². The first-order valence-corrected chi connectivity index (χ1v) is 3.67. The number of hydrogen-bond donors (Lipinski definition) is 1. The van der Waals surface area contributed by atoms with Crippen LogP contribution in [0.2, 0.25) is 0 Å². The third-order valence-electron chi connectivity index (χ3n) is 1.67. The highest BCUT2D eigenvalue weighted by molar-refractivity contribution is 5.82. The molecule has 0 saturated heterocycles. The number of carbonyl (C=O) groups is 1. The molecule has 0 aromatic carbocycles. The third-order valence-corrected chi connectivity index (χ3v) is 1.67. The van der Waals surface area contributed by atoms with Crippen LogP contribution in [0.3, 0.4) is 0 Å². The van der Waals surface area contributed by atoms with E-state index in [4.69, 9.17) is 9.63 Å². The van der Waals surface area contributed by atoms with E-state index in [0.29, 0.717) is 16.7 Å². The van der Waals surface area contributed by atoms with Crippen molar-refractivity contribution in [2.75, 3.05) is 0 Å². The summed E-state index contributed by atoms with van der Waals surface area (Å²) in [5.74, 6) is -0.924. The Morgan fingerprint density at radius 1 is 1.62 bits per heavy atom. The Balaban J connectivity index is 2.51. The van der Waals surface area contributed by atoms with E-state index in [9.17, 15) is 4.79 Å². The van der Waals surface area contributed by atoms with Crippen LogP contribution >= 0.6 is 0 Å². The number of fused-ring (bicyclic) bond motifs is 1. The molecule has 0 spiro atoms. The molecule has 1 N–H and O–H groups in total. The van der Waals surface area contributed by atoms with Crippen molar-refractivity contribution >= 4 is 16.9 Å². The number of nitrogens with zero attached hydrogens (tertiary/aromatic N) is 2. The van der Waals surface area contributed by atoms with Gasteiger partial charge >= 0.3 is 5.97 Å². The van der Waals surface area contributed by atoms with Crippen LogP contribution < -0.4 is 0 Å². The van der Waals surface area contributed by atoms with Gasteiger partial charge in [0, 0.05) is 11.6 Å². The number of aromatic nitrogens is 2. The molecular formula is C8H6N2O3. The maximum absolute atomic E-state index is 10.4. The summed E-state index contributed by atoms with van der Waals surface area (Å²) in [4.78, 5) is 14.2. The Morgan fingerprint density at radius 2 is 2.46 bits per heavy atom. The summed E-state index contributed by atoms with van der Waals surface area (Å²) in [7, 11) is 0. The summed E-state index contributed by atoms with van der Waals surface area (Å²) in [6, 6.07) is 1.68. The van der Waals surface area contributed by atoms with E-state index in [2.05, 4.69) is 10.1 Å². The molecule has 5 nitrogen and oxygen atoms in total. The zero-order valence-corrected chi connectivity index (χ0v) is 6.60. The summed E-state index contributed by atoms with van der Waals surface area (Å²) in [5.41, 5.74) is 0.948. The normalized spacial score (nSPS) is 10.5. The Labute approximate surface area is 73.0 Å². The van der Waals surface area contributed by atoms with Crippen LogP contribution in [-0.4, -0.2) is 21.2 Å². The molecule has 0 fully saturated rings. The number of carboxylic acids is 1. The van der Waals surface area contributed by atoms with Gasteiger partial charge in [0.05, 0.1) is 12.6 Å². The molecule has 2 aromatic heterocycles. The highest BCUT2D eigenvalue weighted by Crippen LogP contribution is 2.16. The van der Waals surface area contributed by atoms with Crippen molar-refractivity contribution < 1.29 is 14.4 Å². The van der Waals surface area contributed by atoms with Gasteiger partial charge in [0.15, 0.2) is 5.58 Å². The minimum atomic E-state index is -0.924. The van der Waals surface area contributed by atoms with Crippen LogP contribution in [0.4, 0.5) is 0 Å². The third kappa shape index (κ3) is 1.35. The number of aliphatic carboxylic acids is 1. The van der Waals surface area contributed by atoms with E-state index in [1.807, 2.05) is 0 Å². The van der Waals surface area contributed by atoms with Gasteiger partial charge in [0.2, 0.25) is 0 Å². The van der Waals surface area contributed by atoms with E-state index in [1.165, 1.54) is 6.20 Å². The summed E-state index contributed by atoms with van der Waals surface area (Å²) in [5, 5.41) is 12.9. The topological polar surface area (TPSA) is 76.2 Å². The average molecular weight is 178 g/mol. The number of pyridine rings is 1. The van der Waals surface area contributed by atoms with Gasteiger partial charge in [0.25, 0.3) is 0 Å². The lowest BCUT2D eigenvalue weighted by Gasteiger charge is -1.88. The van der Waals surface area contributed by atoms with Crippen LogP contribution in [0.5, 0.6) is 0 Å². The standard InChI is InChI=1S/C8H6N2O3/c11-8(12)3-6-5-1-2-9-4-7(5)13-10-6/h1-2,4H,3H2,(H,11,12). The first kappa shape index (κ1) is 7.72. The zero-order valence-electron chi connectivity index (χ0n) is 6.60. The van der Waals surface area contributed by atoms with E-state index in [1.54, 1.807) is 12.3 Å². The molecule has 0 saturated carbocycles. The van der Waals surface area contributed by atoms with E-state index < -0.39 is 5.97 Å². The summed E-state index contributed by atoms with van der Waals surface area (Å²) in [6.07, 6.45) is 2.95. The van der Waals surface area contributed by atoms with Crippen molar-refractivity contribution in [3.05, 3.63) is 24.2 Å². The quantitative estimate of drug-likeness (QED) is 0.737. The molecule has 0 radical (unpaired) electrons. The van der Waals surface area contributed by atoms with Gasteiger partial charge in [-0.1, -0.05) is 5.16 Å². The molecule has 0 aliphatic heterocycles. The van der Waals surface area contributed by atoms with Gasteiger partial charge in [-0.25, -0.2) is 0 Å². The predicted octanol–water partition coefficient (Wildman–Crippen LogP) is 0.850. The van der Waals surface area contributed by atoms with Gasteiger partial charge in [-0.05, 0) is 6.07 Å². The maximum atomic E-state index is 10.4. The number of hydrogen-bond acceptors (Lipinski definition) is 4. The van der Waals surface area contributed by atoms with Crippen LogP contribution in [0.15, 0.2) is 23.0 Å². The van der Waals surface area contributed by atoms with Crippen molar-refractivity contribution in [2.45, 2.75) is 6.42 Å². The number of rotatable bonds is 2. The fourth-order valence-corrected chi connectivity index (χ4v) is 1.12. The lowest BCUT2D eigenvalue weighted by Crippen LogP contribution is -2.00. The fraction of sp³-hybridized carbons (Fsp3) is 0.125. The maximum Gasteiger partial charge on any atom is 0.309 e. The first-order chi connectivity index (χ1) is 6.27. The Bertz CT molecular complexity index is 449. The summed E-state index contributed by atoms with van der Waals surface area (Å²) < 4.78 is 4.87. The predicted molar refractivity (Wildman–Crippen MR) is 43.1 cm³/mol. The second kappa shape index (κ2) is 2.85. The Morgan fingerprint density at radius 3 is 3.23 bits per heavy atom. The Hall–Kier alpha value is -1.91. The van der Waals surface area contributed by atoms with Crippen LogP contribution in [-0.2, 0) is 11.2 Å². The van der Waals surface area contributed by atoms with E-state index in [-0.39, 0.29) is 6.42 Å². The molecule has 66 valence electrons. The molecular weight excluding hydrogens is 172 g/mol. The molecule has 0 atom stereocenters. The summed E-state index contributed by atoms with van der Waals surface area (Å²) >= 11 is 0. The monoisotopic (exact) mass is 178 g/mol. The molecule has 0 bridgehead atoms. The van der Waals surface area contributed by atoms with Crippen molar-refractivity contribution in [3.63, 3.8) is 0 Å². The number of carboxylic acid groups (broad SMARTS) is 1. The molecule has 0 aliphatic rings. The second-order valence-electron chi connectivity index (χ2n) is 2.57. The molecule has 2 rings (SSSR count). The largest absolute Gasteiger partial charge is 0.481 e. The molecule has 0 unspecified atom stereocenters. The van der Waals surface area contributed by atoms with Crippen molar-refractivity contribution in [2.24, 2.45) is 0 Å². The SMILES string of the molecule is O=C(O)Cc1noc2cnccc12. The van der Waals surface area contributed by atoms with Gasteiger partial charge in [-0.2, -0.15) is 0 Å². The highest BCUT2D eigenvalue weighted by atomic mass is 16.5. The zero-order chi connectivity index (χ0) is 9.26. The van der Waals surface area contributed by atoms with Crippen molar-refractivity contribution in [1.29, 1.82) is 0 Å². The van der Waals surface area contributed by atoms with Gasteiger partial charge in [-0.15, -0.1) is 0 Å². The van der Waals surface area contributed by atoms with Crippen LogP contribution in [0.25, 0.3) is 11.0 Å². The summed E-state index contributed by atoms with van der Waals surface area (Å²) in [6.45, 7) is 0. The molecule has 2 aromatic rings. The van der Waals surface area contributed by atoms with Crippen molar-refractivity contribution in [1.82, 2.24) is 10.1 Å². The minimum Gasteiger partial charge on any atom is -0.481 e. The Kier molecular flexibility index (Phi) is 1.70. The first-order valence-electron chi connectivity index (χ1n) is 3.67. The average Bonchev–Trinajstić information content (AvgIpc) is 2.48. The van der Waals surface area contributed by atoms with E-state index in [0.717, 1.165) is 0 Å². The second-order valence-corrected chi connectivity index (χ2v) is 2.57. The van der Waals surface area contributed by atoms with Crippen LogP contribution in [0.1, 0.15) is 5.69 Å². The highest BCUT2D eigenvalue weighted by Gasteiger charge is 2.10. The fourth-order valence-electron chi connectivity index (χ4n) is 1.12. The van der Waals surface area contributed by atoms with E-state index >= 15 is 0 Å². The molecule has 5 heteroatoms. The molecule has 13 heavy (non-hydrogen) atoms. The smallest absolute Gasteiger partial charge is 0.309 e. The lowest BCUT2D eigenvalue weighted by molar-refractivity contribution is -0.136. The van der Waals surface area contributed by atoms with Gasteiger partial charge in [-0.3, -0.25) is 9.78 Å². The molecule has 2 heterocycles. The molecule has 0 amide bonds.